The first kappa shape index (κ1) is 46.0. The van der Waals surface area contributed by atoms with Crippen molar-refractivity contribution in [1.82, 2.24) is 0 Å². The summed E-state index contributed by atoms with van der Waals surface area (Å²) in [6.07, 6.45) is -47.8. The summed E-state index contributed by atoms with van der Waals surface area (Å²) >= 11 is 0. The summed E-state index contributed by atoms with van der Waals surface area (Å²) in [5.41, 5.74) is -27.4. The van der Waals surface area contributed by atoms with Gasteiger partial charge in [-0.1, -0.05) is 35.2 Å². The van der Waals surface area contributed by atoms with Crippen LogP contribution in [0.3, 0.4) is 0 Å². The molecule has 0 nitrogen and oxygen atoms in total. The number of rotatable bonds is 5. The van der Waals surface area contributed by atoms with Crippen molar-refractivity contribution in [2.45, 2.75) is 55.2 Å². The molecule has 0 bridgehead atoms. The number of hydrogen-bond acceptors (Lipinski definition) is 0. The van der Waals surface area contributed by atoms with Gasteiger partial charge in [0.2, 0.25) is 6.71 Å². The molecule has 4 rings (SSSR count). The second kappa shape index (κ2) is 14.5. The second-order valence-corrected chi connectivity index (χ2v) is 12.3. The van der Waals surface area contributed by atoms with E-state index in [1.807, 2.05) is 0 Å². The molecule has 0 saturated carbocycles. The predicted molar refractivity (Wildman–Crippen MR) is 153 cm³/mol. The van der Waals surface area contributed by atoms with Crippen LogP contribution in [0.4, 0.5) is 105 Å². The van der Waals surface area contributed by atoms with Crippen LogP contribution in [-0.2, 0) is 49.4 Å². The van der Waals surface area contributed by atoms with Gasteiger partial charge in [0.1, 0.15) is 0 Å². The molecule has 25 heteroatoms. The van der Waals surface area contributed by atoms with Crippen molar-refractivity contribution in [3.05, 3.63) is 128 Å². The molecule has 58 heavy (non-hydrogen) atoms. The van der Waals surface area contributed by atoms with Crippen molar-refractivity contribution < 1.29 is 105 Å². The van der Waals surface area contributed by atoms with Crippen LogP contribution < -0.4 is 10.9 Å². The van der Waals surface area contributed by atoms with Crippen molar-refractivity contribution in [3.8, 4) is 0 Å². The zero-order chi connectivity index (χ0) is 44.6. The van der Waals surface area contributed by atoms with E-state index in [1.54, 1.807) is 0 Å². The molecular weight excluding hydrogens is 863 g/mol. The molecule has 0 N–H and O–H groups in total. The van der Waals surface area contributed by atoms with Gasteiger partial charge in [0.15, 0.2) is 0 Å². The van der Waals surface area contributed by atoms with E-state index in [-0.39, 0.29) is 0 Å². The van der Waals surface area contributed by atoms with Gasteiger partial charge in [0, 0.05) is 0 Å². The van der Waals surface area contributed by atoms with Crippen molar-refractivity contribution in [2.75, 3.05) is 0 Å². The minimum Gasteiger partial charge on any atom is -0.166 e. The lowest BCUT2D eigenvalue weighted by Crippen LogP contribution is -2.49. The maximum Gasteiger partial charge on any atom is 0.416 e. The van der Waals surface area contributed by atoms with Gasteiger partial charge in [-0.2, -0.15) is 105 Å². The summed E-state index contributed by atoms with van der Waals surface area (Å²) < 4.78 is 337. The first-order valence-corrected chi connectivity index (χ1v) is 15.0. The number of benzene rings is 4. The van der Waals surface area contributed by atoms with Gasteiger partial charge < -0.3 is 0 Å². The Bertz CT molecular complexity index is 1700. The highest BCUT2D eigenvalue weighted by atomic mass is 19.4. The van der Waals surface area contributed by atoms with Gasteiger partial charge in [0.25, 0.3) is 0 Å². The van der Waals surface area contributed by atoms with E-state index in [9.17, 15) is 105 Å². The summed E-state index contributed by atoms with van der Waals surface area (Å²) in [5.74, 6) is -3.43. The van der Waals surface area contributed by atoms with Gasteiger partial charge in [-0.25, -0.2) is 0 Å². The van der Waals surface area contributed by atoms with Gasteiger partial charge in [-0.15, -0.1) is 0 Å². The smallest absolute Gasteiger partial charge is 0.166 e. The molecule has 0 fully saturated rings. The maximum absolute atomic E-state index is 14.1. The summed E-state index contributed by atoms with van der Waals surface area (Å²) in [5, 5.41) is 0. The molecule has 0 amide bonds. The van der Waals surface area contributed by atoms with Crippen molar-refractivity contribution in [1.29, 1.82) is 0 Å². The number of hydrogen-bond donors (Lipinski definition) is 0. The minimum atomic E-state index is -5.97. The lowest BCUT2D eigenvalue weighted by molar-refractivity contribution is -0.144. The minimum absolute atomic E-state index is 0.489. The van der Waals surface area contributed by atoms with Crippen molar-refractivity contribution >= 4 is 17.6 Å². The Balaban J connectivity index is 2.44. The maximum atomic E-state index is 14.1. The lowest BCUT2D eigenvalue weighted by Gasteiger charge is -2.31. The molecule has 316 valence electrons. The van der Waals surface area contributed by atoms with E-state index in [2.05, 4.69) is 0 Å². The molecule has 0 spiro atoms. The van der Waals surface area contributed by atoms with Gasteiger partial charge >= 0.3 is 49.4 Å². The molecule has 4 aromatic rings. The van der Waals surface area contributed by atoms with Crippen LogP contribution in [0.5, 0.6) is 0 Å². The largest absolute Gasteiger partial charge is 0.416 e. The zero-order valence-corrected chi connectivity index (χ0v) is 27.2. The normalized spacial score (nSPS) is 14.0. The number of halogens is 24. The molecule has 0 aliphatic carbocycles. The highest BCUT2D eigenvalue weighted by Crippen LogP contribution is 2.45. The molecule has 0 aliphatic heterocycles. The van der Waals surface area contributed by atoms with Crippen LogP contribution in [0.1, 0.15) is 61.5 Å². The molecule has 0 aliphatic rings. The highest BCUT2D eigenvalue weighted by molar-refractivity contribution is 6.86. The van der Waals surface area contributed by atoms with E-state index in [4.69, 9.17) is 0 Å². The molecular formula is C33H13BF24. The van der Waals surface area contributed by atoms with Crippen LogP contribution in [0, 0.1) is 0 Å². The van der Waals surface area contributed by atoms with Crippen LogP contribution in [0.25, 0.3) is 0 Å². The van der Waals surface area contributed by atoms with Gasteiger partial charge in [-0.05, 0) is 65.5 Å². The first-order chi connectivity index (χ1) is 25.8. The van der Waals surface area contributed by atoms with Crippen LogP contribution in [0.15, 0.2) is 72.8 Å². The molecule has 0 unspecified atom stereocenters. The molecule has 4 aromatic carbocycles. The van der Waals surface area contributed by atoms with Crippen molar-refractivity contribution in [3.63, 3.8) is 0 Å². The highest BCUT2D eigenvalue weighted by Gasteiger charge is 2.46. The summed E-state index contributed by atoms with van der Waals surface area (Å²) in [6, 6.07) is -6.74. The Morgan fingerprint density at radius 3 is 0.552 bits per heavy atom. The third-order valence-corrected chi connectivity index (χ3v) is 8.21. The summed E-state index contributed by atoms with van der Waals surface area (Å²) in [6.45, 7) is -3.43. The lowest BCUT2D eigenvalue weighted by atomic mass is 9.31. The standard InChI is InChI=1S/C33H13BF24/c35-26(36,37)15-1-13(2-16(5-15)27(38,39)40)25(14-3-17(28(41,42)43)6-18(4-14)29(44,45)46)34(23-9-19(30(47,48)49)7-20(10-23)31(50,51)52)24-11-21(32(53,54)55)8-22(12-24)33(56,57)58/h1-12,25H. The second-order valence-electron chi connectivity index (χ2n) is 12.3. The predicted octanol–water partition coefficient (Wildman–Crippen LogP) is 12.8. The fourth-order valence-electron chi connectivity index (χ4n) is 5.79. The Hall–Kier alpha value is -4.74. The Morgan fingerprint density at radius 1 is 0.241 bits per heavy atom. The van der Waals surface area contributed by atoms with Crippen LogP contribution >= 0.6 is 0 Å². The Kier molecular flexibility index (Phi) is 11.5. The van der Waals surface area contributed by atoms with E-state index in [0.717, 1.165) is 0 Å². The van der Waals surface area contributed by atoms with Gasteiger partial charge in [0.05, 0.1) is 44.5 Å². The molecule has 0 aromatic heterocycles. The molecule has 0 radical (unpaired) electrons. The fraction of sp³-hybridized carbons (Fsp3) is 0.273. The molecule has 0 atom stereocenters. The monoisotopic (exact) mass is 876 g/mol. The average molecular weight is 876 g/mol. The fourth-order valence-corrected chi connectivity index (χ4v) is 5.79. The van der Waals surface area contributed by atoms with Crippen molar-refractivity contribution in [2.24, 2.45) is 0 Å². The van der Waals surface area contributed by atoms with E-state index in [0.29, 0.717) is 0 Å². The zero-order valence-electron chi connectivity index (χ0n) is 27.2. The molecule has 0 saturated heterocycles. The quantitative estimate of drug-likeness (QED) is 0.138. The van der Waals surface area contributed by atoms with E-state index in [1.165, 1.54) is 0 Å². The van der Waals surface area contributed by atoms with Crippen LogP contribution in [0.2, 0.25) is 0 Å². The topological polar surface area (TPSA) is 0 Å². The SMILES string of the molecule is FC(F)(F)c1cc(B(c2cc(C(F)(F)F)cc(C(F)(F)F)c2)C(c2cc(C(F)(F)F)cc(C(F)(F)F)c2)c2cc(C(F)(F)F)cc(C(F)(F)F)c2)cc(C(F)(F)F)c1. The Labute approximate surface area is 307 Å². The van der Waals surface area contributed by atoms with Crippen LogP contribution in [-0.4, -0.2) is 6.71 Å². The third-order valence-electron chi connectivity index (χ3n) is 8.21. The Morgan fingerprint density at radius 2 is 0.397 bits per heavy atom. The number of alkyl halides is 24. The van der Waals surface area contributed by atoms with E-state index < -0.39 is 201 Å². The summed E-state index contributed by atoms with van der Waals surface area (Å²) in [4.78, 5) is 0. The van der Waals surface area contributed by atoms with E-state index >= 15 is 0 Å². The molecule has 0 heterocycles. The summed E-state index contributed by atoms with van der Waals surface area (Å²) in [7, 11) is 0. The third kappa shape index (κ3) is 10.5. The first-order valence-electron chi connectivity index (χ1n) is 15.0. The average Bonchev–Trinajstić information content (AvgIpc) is 3.03. The van der Waals surface area contributed by atoms with Gasteiger partial charge in [-0.3, -0.25) is 0 Å².